The summed E-state index contributed by atoms with van der Waals surface area (Å²) in [7, 11) is 0. The van der Waals surface area contributed by atoms with Crippen molar-refractivity contribution in [3.63, 3.8) is 0 Å². The van der Waals surface area contributed by atoms with E-state index < -0.39 is 5.82 Å². The predicted octanol–water partition coefficient (Wildman–Crippen LogP) is 2.91. The van der Waals surface area contributed by atoms with Crippen LogP contribution >= 0.6 is 0 Å². The number of nitrogens with two attached hydrogens (primary N) is 1. The summed E-state index contributed by atoms with van der Waals surface area (Å²) >= 11 is 0. The van der Waals surface area contributed by atoms with Crippen molar-refractivity contribution in [2.24, 2.45) is 11.8 Å². The molecule has 0 aliphatic carbocycles. The van der Waals surface area contributed by atoms with Gasteiger partial charge in [-0.15, -0.1) is 0 Å². The Bertz CT molecular complexity index is 489. The van der Waals surface area contributed by atoms with E-state index in [0.717, 1.165) is 6.42 Å². The largest absolute Gasteiger partial charge is 0.399 e. The fourth-order valence-corrected chi connectivity index (χ4v) is 2.84. The van der Waals surface area contributed by atoms with Crippen LogP contribution in [0.2, 0.25) is 0 Å². The van der Waals surface area contributed by atoms with Crippen molar-refractivity contribution < 1.29 is 9.18 Å². The molecule has 3 nitrogen and oxygen atoms in total. The van der Waals surface area contributed by atoms with Gasteiger partial charge in [-0.3, -0.25) is 4.79 Å². The number of nitrogens with zero attached hydrogens (tertiary/aromatic N) is 1. The molecule has 0 spiro atoms. The number of amides is 1. The van der Waals surface area contributed by atoms with Crippen molar-refractivity contribution in [1.29, 1.82) is 0 Å². The van der Waals surface area contributed by atoms with Crippen LogP contribution in [-0.4, -0.2) is 23.4 Å². The van der Waals surface area contributed by atoms with Crippen molar-refractivity contribution >= 4 is 11.6 Å². The standard InChI is InChI=1S/C15H21FN2O/c1-9-6-10(2)11(3)18(8-9)15(19)13-5-4-12(17)7-14(13)16/h4-5,7,9-11H,6,8,17H2,1-3H3. The van der Waals surface area contributed by atoms with Crippen LogP contribution in [0.4, 0.5) is 10.1 Å². The molecule has 3 atom stereocenters. The normalized spacial score (nSPS) is 27.4. The summed E-state index contributed by atoms with van der Waals surface area (Å²) in [4.78, 5) is 14.3. The number of halogens is 1. The Morgan fingerprint density at radius 1 is 1.37 bits per heavy atom. The highest BCUT2D eigenvalue weighted by Gasteiger charge is 2.33. The van der Waals surface area contributed by atoms with Gasteiger partial charge in [-0.25, -0.2) is 4.39 Å². The van der Waals surface area contributed by atoms with Crippen LogP contribution in [0, 0.1) is 17.7 Å². The molecule has 3 unspecified atom stereocenters. The second-order valence-electron chi connectivity index (χ2n) is 5.76. The van der Waals surface area contributed by atoms with Gasteiger partial charge in [0, 0.05) is 18.3 Å². The van der Waals surface area contributed by atoms with Crippen LogP contribution in [0.15, 0.2) is 18.2 Å². The molecule has 0 saturated carbocycles. The van der Waals surface area contributed by atoms with Gasteiger partial charge >= 0.3 is 0 Å². The van der Waals surface area contributed by atoms with Gasteiger partial charge in [0.2, 0.25) is 0 Å². The van der Waals surface area contributed by atoms with Gasteiger partial charge in [-0.1, -0.05) is 13.8 Å². The molecule has 0 radical (unpaired) electrons. The molecule has 1 amide bonds. The van der Waals surface area contributed by atoms with Crippen LogP contribution in [0.5, 0.6) is 0 Å². The van der Waals surface area contributed by atoms with Crippen LogP contribution in [0.25, 0.3) is 0 Å². The Kier molecular flexibility index (Phi) is 3.78. The third-order valence-corrected chi connectivity index (χ3v) is 4.08. The number of likely N-dealkylation sites (tertiary alicyclic amines) is 1. The molecule has 1 heterocycles. The van der Waals surface area contributed by atoms with Crippen molar-refractivity contribution in [3.8, 4) is 0 Å². The van der Waals surface area contributed by atoms with E-state index in [9.17, 15) is 9.18 Å². The number of rotatable bonds is 1. The maximum atomic E-state index is 13.8. The van der Waals surface area contributed by atoms with Gasteiger partial charge in [0.25, 0.3) is 5.91 Å². The lowest BCUT2D eigenvalue weighted by molar-refractivity contribution is 0.0451. The molecule has 0 aromatic heterocycles. The summed E-state index contributed by atoms with van der Waals surface area (Å²) in [5.41, 5.74) is 5.96. The van der Waals surface area contributed by atoms with Gasteiger partial charge in [0.1, 0.15) is 5.82 Å². The van der Waals surface area contributed by atoms with Crippen molar-refractivity contribution in [2.45, 2.75) is 33.2 Å². The van der Waals surface area contributed by atoms with Crippen molar-refractivity contribution in [2.75, 3.05) is 12.3 Å². The van der Waals surface area contributed by atoms with Gasteiger partial charge in [-0.2, -0.15) is 0 Å². The van der Waals surface area contributed by atoms with E-state index >= 15 is 0 Å². The van der Waals surface area contributed by atoms with Gasteiger partial charge in [0.05, 0.1) is 5.56 Å². The first-order valence-electron chi connectivity index (χ1n) is 6.76. The first-order valence-corrected chi connectivity index (χ1v) is 6.76. The molecule has 1 aliphatic heterocycles. The Labute approximate surface area is 113 Å². The van der Waals surface area contributed by atoms with E-state index in [0.29, 0.717) is 24.1 Å². The van der Waals surface area contributed by atoms with Gasteiger partial charge in [0.15, 0.2) is 0 Å². The molecule has 1 aromatic carbocycles. The first-order chi connectivity index (χ1) is 8.90. The Balaban J connectivity index is 2.27. The first kappa shape index (κ1) is 13.8. The minimum atomic E-state index is -0.539. The average molecular weight is 264 g/mol. The zero-order valence-electron chi connectivity index (χ0n) is 11.7. The molecular formula is C15H21FN2O. The number of hydrogen-bond donors (Lipinski definition) is 1. The van der Waals surface area contributed by atoms with E-state index in [-0.39, 0.29) is 17.5 Å². The second kappa shape index (κ2) is 5.19. The Hall–Kier alpha value is -1.58. The highest BCUT2D eigenvalue weighted by molar-refractivity contribution is 5.95. The minimum absolute atomic E-state index is 0.113. The van der Waals surface area contributed by atoms with Gasteiger partial charge < -0.3 is 10.6 Å². The van der Waals surface area contributed by atoms with Gasteiger partial charge in [-0.05, 0) is 43.4 Å². The summed E-state index contributed by atoms with van der Waals surface area (Å²) in [6.45, 7) is 6.99. The quantitative estimate of drug-likeness (QED) is 0.793. The summed E-state index contributed by atoms with van der Waals surface area (Å²) in [6, 6.07) is 4.39. The van der Waals surface area contributed by atoms with E-state index in [4.69, 9.17) is 5.73 Å². The molecule has 1 aromatic rings. The number of carbonyl (C=O) groups excluding carboxylic acids is 1. The number of benzene rings is 1. The number of piperidine rings is 1. The van der Waals surface area contributed by atoms with E-state index in [1.807, 2.05) is 6.92 Å². The number of carbonyl (C=O) groups is 1. The third-order valence-electron chi connectivity index (χ3n) is 4.08. The molecule has 0 bridgehead atoms. The summed E-state index contributed by atoms with van der Waals surface area (Å²) in [6.07, 6.45) is 1.11. The van der Waals surface area contributed by atoms with Crippen LogP contribution < -0.4 is 5.73 Å². The van der Waals surface area contributed by atoms with Crippen LogP contribution in [0.1, 0.15) is 37.6 Å². The zero-order chi connectivity index (χ0) is 14.2. The Morgan fingerprint density at radius 3 is 2.68 bits per heavy atom. The molecule has 104 valence electrons. The maximum Gasteiger partial charge on any atom is 0.257 e. The molecule has 1 aliphatic rings. The molecular weight excluding hydrogens is 243 g/mol. The van der Waals surface area contributed by atoms with E-state index in [2.05, 4.69) is 13.8 Å². The molecule has 4 heteroatoms. The monoisotopic (exact) mass is 264 g/mol. The second-order valence-corrected chi connectivity index (χ2v) is 5.76. The predicted molar refractivity (Wildman–Crippen MR) is 74.3 cm³/mol. The summed E-state index contributed by atoms with van der Waals surface area (Å²) in [5, 5.41) is 0. The lowest BCUT2D eigenvalue weighted by Gasteiger charge is -2.41. The molecule has 1 fully saturated rings. The van der Waals surface area contributed by atoms with E-state index in [1.54, 1.807) is 11.0 Å². The van der Waals surface area contributed by atoms with Crippen molar-refractivity contribution in [1.82, 2.24) is 4.90 Å². The smallest absolute Gasteiger partial charge is 0.257 e. The Morgan fingerprint density at radius 2 is 2.05 bits per heavy atom. The number of anilines is 1. The maximum absolute atomic E-state index is 13.8. The summed E-state index contributed by atoms with van der Waals surface area (Å²) in [5.74, 6) is 0.114. The molecule has 1 saturated heterocycles. The highest BCUT2D eigenvalue weighted by Crippen LogP contribution is 2.28. The minimum Gasteiger partial charge on any atom is -0.399 e. The lowest BCUT2D eigenvalue weighted by atomic mass is 9.85. The fourth-order valence-electron chi connectivity index (χ4n) is 2.84. The number of nitrogen functional groups attached to an aromatic ring is 1. The van der Waals surface area contributed by atoms with Crippen LogP contribution in [-0.2, 0) is 0 Å². The highest BCUT2D eigenvalue weighted by atomic mass is 19.1. The van der Waals surface area contributed by atoms with Crippen molar-refractivity contribution in [3.05, 3.63) is 29.6 Å². The number of hydrogen-bond acceptors (Lipinski definition) is 2. The molecule has 2 N–H and O–H groups in total. The fraction of sp³-hybridized carbons (Fsp3) is 0.533. The third kappa shape index (κ3) is 2.72. The molecule has 19 heavy (non-hydrogen) atoms. The molecule has 2 rings (SSSR count). The summed E-state index contributed by atoms with van der Waals surface area (Å²) < 4.78 is 13.8. The topological polar surface area (TPSA) is 46.3 Å². The zero-order valence-corrected chi connectivity index (χ0v) is 11.7. The van der Waals surface area contributed by atoms with E-state index in [1.165, 1.54) is 12.1 Å². The van der Waals surface area contributed by atoms with Crippen LogP contribution in [0.3, 0.4) is 0 Å². The average Bonchev–Trinajstić information content (AvgIpc) is 2.33. The lowest BCUT2D eigenvalue weighted by Crippen LogP contribution is -2.49. The SMILES string of the molecule is CC1CC(C)C(C)N(C(=O)c2ccc(N)cc2F)C1.